The lowest BCUT2D eigenvalue weighted by Gasteiger charge is -2.30. The Kier molecular flexibility index (Phi) is 5.51. The van der Waals surface area contributed by atoms with Gasteiger partial charge in [-0.15, -0.1) is 0 Å². The van der Waals surface area contributed by atoms with E-state index >= 15 is 0 Å². The van der Waals surface area contributed by atoms with Crippen molar-refractivity contribution >= 4 is 11.8 Å². The number of nitrogens with zero attached hydrogens (tertiary/aromatic N) is 1. The number of ether oxygens (including phenoxy) is 1. The Hall–Kier alpha value is -1.88. The van der Waals surface area contributed by atoms with E-state index in [2.05, 4.69) is 29.6 Å². The van der Waals surface area contributed by atoms with Crippen LogP contribution < -0.4 is 5.32 Å². The molecule has 2 atom stereocenters. The van der Waals surface area contributed by atoms with Crippen LogP contribution in [0.3, 0.4) is 0 Å². The molecule has 0 aromatic heterocycles. The number of rotatable bonds is 4. The molecule has 3 rings (SSSR count). The summed E-state index contributed by atoms with van der Waals surface area (Å²) in [6.45, 7) is 4.14. The second-order valence-electron chi connectivity index (χ2n) is 6.81. The van der Waals surface area contributed by atoms with Crippen molar-refractivity contribution in [1.82, 2.24) is 10.2 Å². The monoisotopic (exact) mass is 330 g/mol. The zero-order valence-electron chi connectivity index (χ0n) is 14.3. The molecule has 1 saturated heterocycles. The van der Waals surface area contributed by atoms with Crippen molar-refractivity contribution in [1.29, 1.82) is 0 Å². The van der Waals surface area contributed by atoms with Crippen LogP contribution in [0.2, 0.25) is 0 Å². The standard InChI is InChI=1S/C19H26N2O3/c1-14(19(23)21-8-10-24-11-9-21)20-18(22)13-15-6-7-16-4-2-3-5-17(16)12-15/h2-5,14-15H,6-13H2,1H3,(H,20,22)/t14-,15-/m1/s1. The molecule has 1 N–H and O–H groups in total. The fourth-order valence-electron chi connectivity index (χ4n) is 3.63. The average Bonchev–Trinajstić information content (AvgIpc) is 2.61. The van der Waals surface area contributed by atoms with Crippen LogP contribution >= 0.6 is 0 Å². The van der Waals surface area contributed by atoms with E-state index in [1.54, 1.807) is 11.8 Å². The van der Waals surface area contributed by atoms with Crippen LogP contribution in [0.4, 0.5) is 0 Å². The van der Waals surface area contributed by atoms with E-state index in [1.807, 2.05) is 0 Å². The number of fused-ring (bicyclic) bond motifs is 1. The van der Waals surface area contributed by atoms with Gasteiger partial charge < -0.3 is 15.0 Å². The average molecular weight is 330 g/mol. The summed E-state index contributed by atoms with van der Waals surface area (Å²) in [7, 11) is 0. The number of carbonyl (C=O) groups is 2. The number of aryl methyl sites for hydroxylation is 1. The molecule has 0 radical (unpaired) electrons. The van der Waals surface area contributed by atoms with E-state index in [0.29, 0.717) is 38.6 Å². The van der Waals surface area contributed by atoms with Gasteiger partial charge in [0.25, 0.3) is 0 Å². The molecule has 130 valence electrons. The first kappa shape index (κ1) is 17.0. The molecule has 1 aliphatic heterocycles. The third-order valence-electron chi connectivity index (χ3n) is 4.99. The maximum atomic E-state index is 12.3. The number of morpholine rings is 1. The molecule has 1 aromatic rings. The molecule has 24 heavy (non-hydrogen) atoms. The van der Waals surface area contributed by atoms with Gasteiger partial charge in [-0.25, -0.2) is 0 Å². The zero-order chi connectivity index (χ0) is 16.9. The number of carbonyl (C=O) groups excluding carboxylic acids is 2. The van der Waals surface area contributed by atoms with Gasteiger partial charge in [0, 0.05) is 19.5 Å². The van der Waals surface area contributed by atoms with Gasteiger partial charge in [-0.3, -0.25) is 9.59 Å². The lowest BCUT2D eigenvalue weighted by atomic mass is 9.82. The summed E-state index contributed by atoms with van der Waals surface area (Å²) < 4.78 is 5.26. The van der Waals surface area contributed by atoms with Crippen molar-refractivity contribution in [3.63, 3.8) is 0 Å². The largest absolute Gasteiger partial charge is 0.378 e. The summed E-state index contributed by atoms with van der Waals surface area (Å²) in [6, 6.07) is 8.00. The summed E-state index contributed by atoms with van der Waals surface area (Å²) >= 11 is 0. The maximum Gasteiger partial charge on any atom is 0.245 e. The molecular weight excluding hydrogens is 304 g/mol. The van der Waals surface area contributed by atoms with Gasteiger partial charge in [-0.05, 0) is 43.2 Å². The second kappa shape index (κ2) is 7.79. The molecule has 5 heteroatoms. The molecule has 1 aliphatic carbocycles. The normalized spacial score (nSPS) is 21.7. The molecule has 1 heterocycles. The first-order valence-electron chi connectivity index (χ1n) is 8.86. The summed E-state index contributed by atoms with van der Waals surface area (Å²) in [5.41, 5.74) is 2.77. The highest BCUT2D eigenvalue weighted by molar-refractivity contribution is 5.87. The molecule has 0 saturated carbocycles. The van der Waals surface area contributed by atoms with Gasteiger partial charge in [0.1, 0.15) is 6.04 Å². The van der Waals surface area contributed by atoms with Crippen LogP contribution in [0.15, 0.2) is 24.3 Å². The Bertz CT molecular complexity index is 596. The third kappa shape index (κ3) is 4.15. The number of nitrogens with one attached hydrogen (secondary N) is 1. The smallest absolute Gasteiger partial charge is 0.245 e. The molecular formula is C19H26N2O3. The third-order valence-corrected chi connectivity index (χ3v) is 4.99. The molecule has 2 aliphatic rings. The number of hydrogen-bond acceptors (Lipinski definition) is 3. The molecule has 1 aromatic carbocycles. The molecule has 5 nitrogen and oxygen atoms in total. The molecule has 2 amide bonds. The number of amides is 2. The lowest BCUT2D eigenvalue weighted by Crippen LogP contribution is -2.50. The zero-order valence-corrected chi connectivity index (χ0v) is 14.3. The SMILES string of the molecule is C[C@@H](NC(=O)C[C@@H]1CCc2ccccc2C1)C(=O)N1CCOCC1. The van der Waals surface area contributed by atoms with Crippen molar-refractivity contribution in [3.05, 3.63) is 35.4 Å². The summed E-state index contributed by atoms with van der Waals surface area (Å²) in [6.07, 6.45) is 3.52. The van der Waals surface area contributed by atoms with Gasteiger partial charge in [-0.2, -0.15) is 0 Å². The van der Waals surface area contributed by atoms with Crippen molar-refractivity contribution in [2.45, 2.75) is 38.6 Å². The van der Waals surface area contributed by atoms with E-state index in [1.165, 1.54) is 11.1 Å². The highest BCUT2D eigenvalue weighted by atomic mass is 16.5. The predicted octanol–water partition coefficient (Wildman–Crippen LogP) is 1.55. The Morgan fingerprint density at radius 3 is 2.71 bits per heavy atom. The first-order chi connectivity index (χ1) is 11.6. The molecule has 0 unspecified atom stereocenters. The predicted molar refractivity (Wildman–Crippen MR) is 91.6 cm³/mol. The Morgan fingerprint density at radius 1 is 1.25 bits per heavy atom. The van der Waals surface area contributed by atoms with Crippen molar-refractivity contribution in [2.24, 2.45) is 5.92 Å². The summed E-state index contributed by atoms with van der Waals surface area (Å²) in [4.78, 5) is 26.4. The van der Waals surface area contributed by atoms with Gasteiger partial charge in [0.2, 0.25) is 11.8 Å². The van der Waals surface area contributed by atoms with Crippen molar-refractivity contribution in [3.8, 4) is 0 Å². The molecule has 1 fully saturated rings. The maximum absolute atomic E-state index is 12.3. The summed E-state index contributed by atoms with van der Waals surface area (Å²) in [5, 5.41) is 2.88. The second-order valence-corrected chi connectivity index (χ2v) is 6.81. The Balaban J connectivity index is 1.48. The van der Waals surface area contributed by atoms with Crippen LogP contribution in [0.25, 0.3) is 0 Å². The van der Waals surface area contributed by atoms with Gasteiger partial charge in [0.15, 0.2) is 0 Å². The number of hydrogen-bond donors (Lipinski definition) is 1. The van der Waals surface area contributed by atoms with Crippen molar-refractivity contribution < 1.29 is 14.3 Å². The van der Waals surface area contributed by atoms with Gasteiger partial charge >= 0.3 is 0 Å². The van der Waals surface area contributed by atoms with Crippen LogP contribution in [0, 0.1) is 5.92 Å². The van der Waals surface area contributed by atoms with Crippen molar-refractivity contribution in [2.75, 3.05) is 26.3 Å². The van der Waals surface area contributed by atoms with Crippen LogP contribution in [-0.2, 0) is 27.2 Å². The quantitative estimate of drug-likeness (QED) is 0.911. The van der Waals surface area contributed by atoms with E-state index in [9.17, 15) is 9.59 Å². The minimum absolute atomic E-state index is 0.0133. The first-order valence-corrected chi connectivity index (χ1v) is 8.86. The van der Waals surface area contributed by atoms with Gasteiger partial charge in [-0.1, -0.05) is 24.3 Å². The Morgan fingerprint density at radius 2 is 1.96 bits per heavy atom. The summed E-state index contributed by atoms with van der Waals surface area (Å²) in [5.74, 6) is 0.333. The highest BCUT2D eigenvalue weighted by Gasteiger charge is 2.25. The molecule has 0 spiro atoms. The lowest BCUT2D eigenvalue weighted by molar-refractivity contribution is -0.139. The van der Waals surface area contributed by atoms with E-state index in [0.717, 1.165) is 19.3 Å². The van der Waals surface area contributed by atoms with Gasteiger partial charge in [0.05, 0.1) is 13.2 Å². The minimum Gasteiger partial charge on any atom is -0.378 e. The highest BCUT2D eigenvalue weighted by Crippen LogP contribution is 2.27. The fourth-order valence-corrected chi connectivity index (χ4v) is 3.63. The molecule has 0 bridgehead atoms. The van der Waals surface area contributed by atoms with Crippen LogP contribution in [-0.4, -0.2) is 49.1 Å². The number of benzene rings is 1. The van der Waals surface area contributed by atoms with E-state index in [-0.39, 0.29) is 11.8 Å². The van der Waals surface area contributed by atoms with Crippen LogP contribution in [0.1, 0.15) is 30.9 Å². The topological polar surface area (TPSA) is 58.6 Å². The Labute approximate surface area is 143 Å². The fraction of sp³-hybridized carbons (Fsp3) is 0.579. The van der Waals surface area contributed by atoms with E-state index in [4.69, 9.17) is 4.74 Å². The van der Waals surface area contributed by atoms with Crippen LogP contribution in [0.5, 0.6) is 0 Å². The minimum atomic E-state index is -0.466. The van der Waals surface area contributed by atoms with E-state index < -0.39 is 6.04 Å².